The van der Waals surface area contributed by atoms with Crippen LogP contribution in [0.1, 0.15) is 17.3 Å². The molecule has 0 saturated heterocycles. The van der Waals surface area contributed by atoms with E-state index in [1.807, 2.05) is 12.2 Å². The molecule has 0 aliphatic heterocycles. The van der Waals surface area contributed by atoms with Gasteiger partial charge in [0.15, 0.2) is 24.1 Å². The number of rotatable bonds is 8. The molecule has 0 radical (unpaired) electrons. The smallest absolute Gasteiger partial charge is 0.325 e. The van der Waals surface area contributed by atoms with Crippen LogP contribution in [0.25, 0.3) is 0 Å². The third-order valence-corrected chi connectivity index (χ3v) is 3.49. The van der Waals surface area contributed by atoms with Crippen LogP contribution in [0.15, 0.2) is 36.4 Å². The molecule has 0 atom stereocenters. The van der Waals surface area contributed by atoms with Crippen LogP contribution in [-0.2, 0) is 14.3 Å². The summed E-state index contributed by atoms with van der Waals surface area (Å²) in [6.07, 6.45) is 0. The lowest BCUT2D eigenvalue weighted by Crippen LogP contribution is -2.32. The number of nitrogens with one attached hydrogen (secondary N) is 2. The highest BCUT2D eigenvalue weighted by molar-refractivity contribution is 5.96. The molecule has 0 unspecified atom stereocenters. The van der Waals surface area contributed by atoms with E-state index in [2.05, 4.69) is 10.1 Å². The van der Waals surface area contributed by atoms with Crippen LogP contribution >= 0.6 is 0 Å². The predicted octanol–water partition coefficient (Wildman–Crippen LogP) is 2.41. The van der Waals surface area contributed by atoms with E-state index in [1.54, 1.807) is 12.1 Å². The van der Waals surface area contributed by atoms with E-state index < -0.39 is 54.1 Å². The van der Waals surface area contributed by atoms with Crippen LogP contribution in [0, 0.1) is 17.5 Å². The Bertz CT molecular complexity index is 903. The van der Waals surface area contributed by atoms with E-state index in [1.165, 1.54) is 12.1 Å². The Morgan fingerprint density at radius 3 is 2.31 bits per heavy atom. The minimum Gasteiger partial charge on any atom is -0.494 e. The number of hydrogen-bond donors (Lipinski definition) is 2. The normalized spacial score (nSPS) is 10.2. The van der Waals surface area contributed by atoms with Crippen LogP contribution < -0.4 is 15.4 Å². The summed E-state index contributed by atoms with van der Waals surface area (Å²) in [5.74, 6) is -6.57. The van der Waals surface area contributed by atoms with Gasteiger partial charge >= 0.3 is 5.97 Å². The molecule has 0 saturated carbocycles. The number of anilines is 1. The molecule has 0 bridgehead atoms. The molecular formula is C19H17F3N2O5. The summed E-state index contributed by atoms with van der Waals surface area (Å²) in [6, 6.07) is 7.67. The van der Waals surface area contributed by atoms with E-state index in [-0.39, 0.29) is 5.56 Å². The molecule has 0 heterocycles. The average Bonchev–Trinajstić information content (AvgIpc) is 2.71. The lowest BCUT2D eigenvalue weighted by atomic mass is 10.2. The molecule has 10 heteroatoms. The Morgan fingerprint density at radius 1 is 0.966 bits per heavy atom. The molecule has 0 aromatic heterocycles. The number of hydrogen-bond acceptors (Lipinski definition) is 5. The maximum absolute atomic E-state index is 13.5. The molecule has 0 aliphatic rings. The summed E-state index contributed by atoms with van der Waals surface area (Å²) in [7, 11) is 0. The standard InChI is InChI=1S/C19H17F3N2O5/c1-2-28-12-5-3-11(4-6-12)19(27)23-9-16(26)29-10-15(25)24-14-8-7-13(20)17(21)18(14)22/h3-8H,2,9-10H2,1H3,(H,23,27)(H,24,25). The van der Waals surface area contributed by atoms with Crippen molar-refractivity contribution in [2.45, 2.75) is 6.92 Å². The van der Waals surface area contributed by atoms with Gasteiger partial charge < -0.3 is 20.1 Å². The first-order valence-corrected chi connectivity index (χ1v) is 8.41. The molecule has 2 rings (SSSR count). The Labute approximate surface area is 163 Å². The molecule has 29 heavy (non-hydrogen) atoms. The van der Waals surface area contributed by atoms with E-state index in [9.17, 15) is 27.6 Å². The van der Waals surface area contributed by atoms with Gasteiger partial charge in [-0.05, 0) is 43.3 Å². The summed E-state index contributed by atoms with van der Waals surface area (Å²) in [6.45, 7) is 0.976. The molecule has 2 N–H and O–H groups in total. The monoisotopic (exact) mass is 410 g/mol. The number of esters is 1. The molecule has 2 aromatic rings. The zero-order valence-electron chi connectivity index (χ0n) is 15.3. The number of carbonyl (C=O) groups is 3. The van der Waals surface area contributed by atoms with Gasteiger partial charge in [0.25, 0.3) is 11.8 Å². The van der Waals surface area contributed by atoms with Crippen LogP contribution in [0.3, 0.4) is 0 Å². The van der Waals surface area contributed by atoms with E-state index >= 15 is 0 Å². The highest BCUT2D eigenvalue weighted by atomic mass is 19.2. The minimum absolute atomic E-state index is 0.285. The fourth-order valence-corrected chi connectivity index (χ4v) is 2.13. The topological polar surface area (TPSA) is 93.7 Å². The predicted molar refractivity (Wildman–Crippen MR) is 95.8 cm³/mol. The highest BCUT2D eigenvalue weighted by Crippen LogP contribution is 2.19. The van der Waals surface area contributed by atoms with Gasteiger partial charge in [0.1, 0.15) is 12.3 Å². The van der Waals surface area contributed by atoms with Gasteiger partial charge in [-0.15, -0.1) is 0 Å². The molecule has 0 spiro atoms. The number of amides is 2. The van der Waals surface area contributed by atoms with Gasteiger partial charge in [0, 0.05) is 5.56 Å². The second-order valence-corrected chi connectivity index (χ2v) is 5.57. The van der Waals surface area contributed by atoms with Gasteiger partial charge in [-0.2, -0.15) is 0 Å². The van der Waals surface area contributed by atoms with Gasteiger partial charge in [-0.1, -0.05) is 0 Å². The lowest BCUT2D eigenvalue weighted by Gasteiger charge is -2.09. The lowest BCUT2D eigenvalue weighted by molar-refractivity contribution is -0.146. The Morgan fingerprint density at radius 2 is 1.66 bits per heavy atom. The van der Waals surface area contributed by atoms with Crippen molar-refractivity contribution >= 4 is 23.5 Å². The molecule has 7 nitrogen and oxygen atoms in total. The number of benzene rings is 2. The molecule has 2 aromatic carbocycles. The van der Waals surface area contributed by atoms with Gasteiger partial charge in [0.2, 0.25) is 0 Å². The maximum atomic E-state index is 13.5. The van der Waals surface area contributed by atoms with Gasteiger partial charge in [-0.3, -0.25) is 14.4 Å². The van der Waals surface area contributed by atoms with Crippen molar-refractivity contribution in [1.29, 1.82) is 0 Å². The van der Waals surface area contributed by atoms with E-state index in [4.69, 9.17) is 4.74 Å². The third-order valence-electron chi connectivity index (χ3n) is 3.49. The van der Waals surface area contributed by atoms with Crippen molar-refractivity contribution in [2.75, 3.05) is 25.1 Å². The first-order valence-electron chi connectivity index (χ1n) is 8.41. The SMILES string of the molecule is CCOc1ccc(C(=O)NCC(=O)OCC(=O)Nc2ccc(F)c(F)c2F)cc1. The first kappa shape index (κ1) is 21.7. The second-order valence-electron chi connectivity index (χ2n) is 5.57. The number of halogens is 3. The van der Waals surface area contributed by atoms with Gasteiger partial charge in [-0.25, -0.2) is 13.2 Å². The molecule has 2 amide bonds. The number of carbonyl (C=O) groups excluding carboxylic acids is 3. The zero-order valence-corrected chi connectivity index (χ0v) is 15.3. The fourth-order valence-electron chi connectivity index (χ4n) is 2.13. The van der Waals surface area contributed by atoms with Crippen LogP contribution in [-0.4, -0.2) is 37.5 Å². The average molecular weight is 410 g/mol. The highest BCUT2D eigenvalue weighted by Gasteiger charge is 2.16. The summed E-state index contributed by atoms with van der Waals surface area (Å²) in [5, 5.41) is 4.25. The molecule has 0 aliphatic carbocycles. The van der Waals surface area contributed by atoms with E-state index in [0.29, 0.717) is 18.4 Å². The van der Waals surface area contributed by atoms with Crippen LogP contribution in [0.5, 0.6) is 5.75 Å². The van der Waals surface area contributed by atoms with Crippen LogP contribution in [0.4, 0.5) is 18.9 Å². The Kier molecular flexibility index (Phi) is 7.58. The van der Waals surface area contributed by atoms with E-state index in [0.717, 1.165) is 6.07 Å². The summed E-state index contributed by atoms with van der Waals surface area (Å²) in [4.78, 5) is 35.2. The van der Waals surface area contributed by atoms with Crippen molar-refractivity contribution < 1.29 is 37.0 Å². The first-order chi connectivity index (χ1) is 13.8. The zero-order chi connectivity index (χ0) is 21.4. The summed E-state index contributed by atoms with van der Waals surface area (Å²) >= 11 is 0. The second kappa shape index (κ2) is 10.1. The largest absolute Gasteiger partial charge is 0.494 e. The minimum atomic E-state index is -1.74. The summed E-state index contributed by atoms with van der Waals surface area (Å²) in [5.41, 5.74) is -0.318. The Hall–Kier alpha value is -3.56. The van der Waals surface area contributed by atoms with Crippen LogP contribution in [0.2, 0.25) is 0 Å². The maximum Gasteiger partial charge on any atom is 0.325 e. The van der Waals surface area contributed by atoms with Crippen molar-refractivity contribution in [3.8, 4) is 5.75 Å². The van der Waals surface area contributed by atoms with Crippen molar-refractivity contribution in [3.05, 3.63) is 59.4 Å². The molecular weight excluding hydrogens is 393 g/mol. The molecule has 0 fully saturated rings. The van der Waals surface area contributed by atoms with Crippen molar-refractivity contribution in [2.24, 2.45) is 0 Å². The fraction of sp³-hybridized carbons (Fsp3) is 0.211. The van der Waals surface area contributed by atoms with Gasteiger partial charge in [0.05, 0.1) is 12.3 Å². The summed E-state index contributed by atoms with van der Waals surface area (Å²) < 4.78 is 49.3. The Balaban J connectivity index is 1.77. The number of ether oxygens (including phenoxy) is 2. The van der Waals surface area contributed by atoms with Crippen molar-refractivity contribution in [3.63, 3.8) is 0 Å². The quantitative estimate of drug-likeness (QED) is 0.515. The third kappa shape index (κ3) is 6.23. The molecule has 154 valence electrons. The van der Waals surface area contributed by atoms with Crippen molar-refractivity contribution in [1.82, 2.24) is 5.32 Å².